The first-order chi connectivity index (χ1) is 10.4. The van der Waals surface area contributed by atoms with E-state index in [1.165, 1.54) is 11.8 Å². The molecule has 0 fully saturated rings. The maximum Gasteiger partial charge on any atom is 0.226 e. The van der Waals surface area contributed by atoms with Gasteiger partial charge in [-0.2, -0.15) is 0 Å². The van der Waals surface area contributed by atoms with Gasteiger partial charge in [-0.25, -0.2) is 9.97 Å². The predicted octanol–water partition coefficient (Wildman–Crippen LogP) is 2.97. The van der Waals surface area contributed by atoms with E-state index in [0.29, 0.717) is 34.7 Å². The summed E-state index contributed by atoms with van der Waals surface area (Å²) in [6.45, 7) is 6.09. The van der Waals surface area contributed by atoms with Gasteiger partial charge in [0.15, 0.2) is 10.9 Å². The Labute approximate surface area is 133 Å². The second-order valence-corrected chi connectivity index (χ2v) is 7.27. The first kappa shape index (κ1) is 15.1. The monoisotopic (exact) mass is 318 g/mol. The summed E-state index contributed by atoms with van der Waals surface area (Å²) in [7, 11) is 0. The Kier molecular flexibility index (Phi) is 3.99. The minimum atomic E-state index is -0.154. The van der Waals surface area contributed by atoms with Crippen LogP contribution in [0.25, 0.3) is 0 Å². The molecule has 0 spiro atoms. The SMILES string of the molecule is CC(C)(C)c1nnc(CSc2ncc3c(n2)CCCC3=O)o1. The second kappa shape index (κ2) is 5.79. The number of ketones is 1. The van der Waals surface area contributed by atoms with Crippen LogP contribution in [0.4, 0.5) is 0 Å². The smallest absolute Gasteiger partial charge is 0.226 e. The zero-order valence-corrected chi connectivity index (χ0v) is 13.7. The van der Waals surface area contributed by atoms with Crippen molar-refractivity contribution in [1.29, 1.82) is 0 Å². The number of hydrogen-bond acceptors (Lipinski definition) is 7. The van der Waals surface area contributed by atoms with Crippen molar-refractivity contribution in [2.45, 2.75) is 56.4 Å². The number of aryl methyl sites for hydroxylation is 1. The number of rotatable bonds is 3. The van der Waals surface area contributed by atoms with Crippen molar-refractivity contribution in [1.82, 2.24) is 20.2 Å². The molecule has 0 aliphatic heterocycles. The van der Waals surface area contributed by atoms with E-state index in [0.717, 1.165) is 18.5 Å². The number of nitrogens with zero attached hydrogens (tertiary/aromatic N) is 4. The Morgan fingerprint density at radius 3 is 2.82 bits per heavy atom. The van der Waals surface area contributed by atoms with Gasteiger partial charge in [0, 0.05) is 18.0 Å². The number of carbonyl (C=O) groups is 1. The summed E-state index contributed by atoms with van der Waals surface area (Å²) >= 11 is 1.44. The Morgan fingerprint density at radius 2 is 2.09 bits per heavy atom. The van der Waals surface area contributed by atoms with Gasteiger partial charge < -0.3 is 4.42 Å². The molecule has 22 heavy (non-hydrogen) atoms. The lowest BCUT2D eigenvalue weighted by atomic mass is 9.96. The molecule has 6 nitrogen and oxygen atoms in total. The van der Waals surface area contributed by atoms with Crippen molar-refractivity contribution >= 4 is 17.5 Å². The van der Waals surface area contributed by atoms with Crippen LogP contribution in [-0.4, -0.2) is 25.9 Å². The molecule has 3 rings (SSSR count). The van der Waals surface area contributed by atoms with E-state index in [9.17, 15) is 4.79 Å². The third-order valence-corrected chi connectivity index (χ3v) is 4.24. The summed E-state index contributed by atoms with van der Waals surface area (Å²) in [6.07, 6.45) is 3.94. The number of aromatic nitrogens is 4. The second-order valence-electron chi connectivity index (χ2n) is 6.33. The summed E-state index contributed by atoms with van der Waals surface area (Å²) in [5, 5.41) is 8.76. The van der Waals surface area contributed by atoms with Crippen LogP contribution >= 0.6 is 11.8 Å². The lowest BCUT2D eigenvalue weighted by molar-refractivity contribution is 0.0970. The minimum absolute atomic E-state index is 0.143. The van der Waals surface area contributed by atoms with E-state index in [1.54, 1.807) is 6.20 Å². The number of carbonyl (C=O) groups excluding carboxylic acids is 1. The van der Waals surface area contributed by atoms with Gasteiger partial charge in [-0.05, 0) is 12.8 Å². The molecule has 7 heteroatoms. The summed E-state index contributed by atoms with van der Waals surface area (Å²) < 4.78 is 5.65. The molecule has 1 aliphatic carbocycles. The minimum Gasteiger partial charge on any atom is -0.424 e. The third-order valence-electron chi connectivity index (χ3n) is 3.40. The molecule has 1 aliphatic rings. The van der Waals surface area contributed by atoms with Crippen LogP contribution in [0.3, 0.4) is 0 Å². The molecule has 0 bridgehead atoms. The topological polar surface area (TPSA) is 81.8 Å². The van der Waals surface area contributed by atoms with Crippen molar-refractivity contribution in [2.24, 2.45) is 0 Å². The van der Waals surface area contributed by atoms with Crippen molar-refractivity contribution in [2.75, 3.05) is 0 Å². The first-order valence-electron chi connectivity index (χ1n) is 7.28. The normalized spacial score (nSPS) is 15.0. The van der Waals surface area contributed by atoms with Gasteiger partial charge >= 0.3 is 0 Å². The van der Waals surface area contributed by atoms with Crippen LogP contribution in [-0.2, 0) is 17.6 Å². The fourth-order valence-electron chi connectivity index (χ4n) is 2.18. The van der Waals surface area contributed by atoms with Crippen LogP contribution in [0.1, 0.15) is 61.4 Å². The molecular weight excluding hydrogens is 300 g/mol. The van der Waals surface area contributed by atoms with E-state index in [4.69, 9.17) is 4.42 Å². The Bertz CT molecular complexity index is 706. The highest BCUT2D eigenvalue weighted by Gasteiger charge is 2.22. The van der Waals surface area contributed by atoms with Crippen molar-refractivity contribution in [3.05, 3.63) is 29.2 Å². The zero-order chi connectivity index (χ0) is 15.7. The molecule has 2 heterocycles. The largest absolute Gasteiger partial charge is 0.424 e. The van der Waals surface area contributed by atoms with Crippen LogP contribution in [0.15, 0.2) is 15.8 Å². The van der Waals surface area contributed by atoms with Crippen molar-refractivity contribution in [3.8, 4) is 0 Å². The van der Waals surface area contributed by atoms with Crippen LogP contribution < -0.4 is 0 Å². The lowest BCUT2D eigenvalue weighted by Crippen LogP contribution is -2.13. The van der Waals surface area contributed by atoms with E-state index >= 15 is 0 Å². The summed E-state index contributed by atoms with van der Waals surface area (Å²) in [5.74, 6) is 1.85. The molecule has 0 saturated heterocycles. The standard InChI is InChI=1S/C15H18N4O2S/c1-15(2,3)13-19-18-12(21-13)8-22-14-16-7-9-10(17-14)5-4-6-11(9)20/h7H,4-6,8H2,1-3H3. The number of thioether (sulfide) groups is 1. The number of hydrogen-bond donors (Lipinski definition) is 0. The van der Waals surface area contributed by atoms with Gasteiger partial charge in [-0.3, -0.25) is 4.79 Å². The van der Waals surface area contributed by atoms with Gasteiger partial charge in [0.1, 0.15) is 0 Å². The molecule has 116 valence electrons. The highest BCUT2D eigenvalue weighted by Crippen LogP contribution is 2.25. The van der Waals surface area contributed by atoms with Gasteiger partial charge in [0.2, 0.25) is 11.8 Å². The molecule has 0 atom stereocenters. The van der Waals surface area contributed by atoms with Crippen LogP contribution in [0.2, 0.25) is 0 Å². The fourth-order valence-corrected chi connectivity index (χ4v) is 2.86. The summed E-state index contributed by atoms with van der Waals surface area (Å²) in [5.41, 5.74) is 1.37. The predicted molar refractivity (Wildman–Crippen MR) is 81.9 cm³/mol. The molecule has 2 aromatic rings. The third kappa shape index (κ3) is 3.19. The van der Waals surface area contributed by atoms with Gasteiger partial charge in [-0.15, -0.1) is 10.2 Å². The van der Waals surface area contributed by atoms with Gasteiger partial charge in [0.05, 0.1) is 17.0 Å². The number of Topliss-reactive ketones (excluding diaryl/α,β-unsaturated/α-hetero) is 1. The Morgan fingerprint density at radius 1 is 1.27 bits per heavy atom. The molecule has 0 aromatic carbocycles. The van der Waals surface area contributed by atoms with Crippen LogP contribution in [0, 0.1) is 0 Å². The number of fused-ring (bicyclic) bond motifs is 1. The maximum absolute atomic E-state index is 11.8. The average molecular weight is 318 g/mol. The zero-order valence-electron chi connectivity index (χ0n) is 12.9. The van der Waals surface area contributed by atoms with Crippen molar-refractivity contribution < 1.29 is 9.21 Å². The molecule has 2 aromatic heterocycles. The van der Waals surface area contributed by atoms with E-state index in [1.807, 2.05) is 20.8 Å². The average Bonchev–Trinajstić information content (AvgIpc) is 2.94. The fraction of sp³-hybridized carbons (Fsp3) is 0.533. The first-order valence-corrected chi connectivity index (χ1v) is 8.27. The highest BCUT2D eigenvalue weighted by molar-refractivity contribution is 7.98. The van der Waals surface area contributed by atoms with Gasteiger partial charge in [-0.1, -0.05) is 32.5 Å². The quantitative estimate of drug-likeness (QED) is 0.635. The molecule has 0 saturated carbocycles. The molecule has 0 N–H and O–H groups in total. The maximum atomic E-state index is 11.8. The molecule has 0 radical (unpaired) electrons. The molecule has 0 amide bonds. The van der Waals surface area contributed by atoms with E-state index in [2.05, 4.69) is 20.2 Å². The summed E-state index contributed by atoms with van der Waals surface area (Å²) in [6, 6.07) is 0. The van der Waals surface area contributed by atoms with Gasteiger partial charge in [0.25, 0.3) is 0 Å². The summed E-state index contributed by atoms with van der Waals surface area (Å²) in [4.78, 5) is 20.5. The van der Waals surface area contributed by atoms with Crippen LogP contribution in [0.5, 0.6) is 0 Å². The highest BCUT2D eigenvalue weighted by atomic mass is 32.2. The molecule has 0 unspecified atom stereocenters. The van der Waals surface area contributed by atoms with E-state index < -0.39 is 0 Å². The van der Waals surface area contributed by atoms with Crippen molar-refractivity contribution in [3.63, 3.8) is 0 Å². The lowest BCUT2D eigenvalue weighted by Gasteiger charge is -2.13. The van der Waals surface area contributed by atoms with E-state index in [-0.39, 0.29) is 11.2 Å². The Hall–Kier alpha value is -1.76. The molecular formula is C15H18N4O2S. The Balaban J connectivity index is 1.69.